The highest BCUT2D eigenvalue weighted by Crippen LogP contribution is 2.32. The van der Waals surface area contributed by atoms with Crippen LogP contribution in [0.5, 0.6) is 0 Å². The van der Waals surface area contributed by atoms with Crippen LogP contribution in [-0.2, 0) is 10.0 Å². The maximum atomic E-state index is 14.1. The van der Waals surface area contributed by atoms with Gasteiger partial charge in [-0.15, -0.1) is 11.3 Å². The quantitative estimate of drug-likeness (QED) is 0.758. The number of halogens is 1. The highest BCUT2D eigenvalue weighted by molar-refractivity contribution is 7.94. The highest BCUT2D eigenvalue weighted by Gasteiger charge is 2.21. The molecule has 0 saturated carbocycles. The number of nitrogens with one attached hydrogen (secondary N) is 2. The maximum absolute atomic E-state index is 14.1. The standard InChI is InChI=1S/C14H11FN4O2S2/c1-7-10(15)3-11(14-13(7)9(4-16)5-18-14)19-23(20,21)12-6-17-8(2)22-12/h3,5-6,18-19H,1-2H3. The number of anilines is 1. The zero-order valence-corrected chi connectivity index (χ0v) is 13.8. The van der Waals surface area contributed by atoms with Gasteiger partial charge >= 0.3 is 0 Å². The summed E-state index contributed by atoms with van der Waals surface area (Å²) in [5.41, 5.74) is 0.960. The van der Waals surface area contributed by atoms with Crippen molar-refractivity contribution < 1.29 is 12.8 Å². The topological polar surface area (TPSA) is 98.6 Å². The number of aryl methyl sites for hydroxylation is 2. The molecular formula is C14H11FN4O2S2. The van der Waals surface area contributed by atoms with Gasteiger partial charge in [-0.1, -0.05) is 0 Å². The van der Waals surface area contributed by atoms with Crippen LogP contribution in [0.4, 0.5) is 10.1 Å². The van der Waals surface area contributed by atoms with Crippen molar-refractivity contribution in [2.75, 3.05) is 4.72 Å². The van der Waals surface area contributed by atoms with Crippen LogP contribution in [-0.4, -0.2) is 18.4 Å². The molecule has 1 aromatic carbocycles. The molecule has 0 spiro atoms. The summed E-state index contributed by atoms with van der Waals surface area (Å²) < 4.78 is 41.3. The minimum absolute atomic E-state index is 0.0381. The first-order chi connectivity index (χ1) is 10.8. The Morgan fingerprint density at radius 2 is 2.17 bits per heavy atom. The van der Waals surface area contributed by atoms with Crippen LogP contribution in [0.1, 0.15) is 16.1 Å². The predicted octanol–water partition coefficient (Wildman–Crippen LogP) is 3.05. The first kappa shape index (κ1) is 15.5. The van der Waals surface area contributed by atoms with Gasteiger partial charge in [-0.3, -0.25) is 4.72 Å². The molecule has 23 heavy (non-hydrogen) atoms. The first-order valence-electron chi connectivity index (χ1n) is 6.49. The minimum atomic E-state index is -3.87. The zero-order chi connectivity index (χ0) is 16.8. The number of hydrogen-bond donors (Lipinski definition) is 2. The highest BCUT2D eigenvalue weighted by atomic mass is 32.2. The Balaban J connectivity index is 2.16. The Kier molecular flexibility index (Phi) is 3.58. The number of rotatable bonds is 3. The lowest BCUT2D eigenvalue weighted by atomic mass is 10.1. The number of sulfonamides is 1. The van der Waals surface area contributed by atoms with Crippen LogP contribution in [0.2, 0.25) is 0 Å². The van der Waals surface area contributed by atoms with Crippen LogP contribution in [0.3, 0.4) is 0 Å². The van der Waals surface area contributed by atoms with Gasteiger partial charge in [0.2, 0.25) is 0 Å². The number of thiazole rings is 1. The van der Waals surface area contributed by atoms with Gasteiger partial charge in [0.05, 0.1) is 28.0 Å². The molecule has 0 fully saturated rings. The SMILES string of the molecule is Cc1ncc(S(=O)(=O)Nc2cc(F)c(C)c3c(C#N)c[nH]c23)s1. The molecule has 2 N–H and O–H groups in total. The number of fused-ring (bicyclic) bond motifs is 1. The molecular weight excluding hydrogens is 339 g/mol. The first-order valence-corrected chi connectivity index (χ1v) is 8.79. The van der Waals surface area contributed by atoms with Gasteiger partial charge in [-0.2, -0.15) is 5.26 Å². The van der Waals surface area contributed by atoms with Crippen LogP contribution in [0, 0.1) is 31.0 Å². The fourth-order valence-corrected chi connectivity index (χ4v) is 4.45. The Morgan fingerprint density at radius 3 is 2.78 bits per heavy atom. The van der Waals surface area contributed by atoms with Crippen molar-refractivity contribution in [3.8, 4) is 6.07 Å². The third-order valence-electron chi connectivity index (χ3n) is 3.38. The molecule has 3 aromatic rings. The van der Waals surface area contributed by atoms with Crippen LogP contribution >= 0.6 is 11.3 Å². The molecule has 0 radical (unpaired) electrons. The molecule has 0 saturated heterocycles. The van der Waals surface area contributed by atoms with Crippen LogP contribution in [0.15, 0.2) is 22.7 Å². The Hall–Kier alpha value is -2.44. The molecule has 0 aliphatic carbocycles. The van der Waals surface area contributed by atoms with Crippen LogP contribution < -0.4 is 4.72 Å². The van der Waals surface area contributed by atoms with E-state index in [9.17, 15) is 12.8 Å². The number of aromatic amines is 1. The summed E-state index contributed by atoms with van der Waals surface area (Å²) in [5.74, 6) is -0.591. The Bertz CT molecular complexity index is 1060. The fourth-order valence-electron chi connectivity index (χ4n) is 2.28. The van der Waals surface area contributed by atoms with E-state index in [0.29, 0.717) is 15.9 Å². The summed E-state index contributed by atoms with van der Waals surface area (Å²) in [4.78, 5) is 6.74. The van der Waals surface area contributed by atoms with E-state index in [1.807, 2.05) is 6.07 Å². The normalized spacial score (nSPS) is 11.6. The lowest BCUT2D eigenvalue weighted by molar-refractivity contribution is 0.602. The van der Waals surface area contributed by atoms with E-state index in [0.717, 1.165) is 17.4 Å². The summed E-state index contributed by atoms with van der Waals surface area (Å²) in [5, 5.41) is 10.1. The van der Waals surface area contributed by atoms with Gasteiger partial charge in [0.1, 0.15) is 11.9 Å². The van der Waals surface area contributed by atoms with Crippen molar-refractivity contribution in [1.82, 2.24) is 9.97 Å². The molecule has 0 unspecified atom stereocenters. The number of H-pyrrole nitrogens is 1. The summed E-state index contributed by atoms with van der Waals surface area (Å²) in [6, 6.07) is 3.06. The van der Waals surface area contributed by atoms with E-state index in [-0.39, 0.29) is 21.0 Å². The monoisotopic (exact) mass is 350 g/mol. The van der Waals surface area contributed by atoms with Gasteiger partial charge in [-0.05, 0) is 19.4 Å². The molecule has 0 atom stereocenters. The van der Waals surface area contributed by atoms with Gasteiger partial charge in [0.25, 0.3) is 10.0 Å². The molecule has 0 aliphatic heterocycles. The summed E-state index contributed by atoms with van der Waals surface area (Å²) >= 11 is 1.02. The summed E-state index contributed by atoms with van der Waals surface area (Å²) in [6.45, 7) is 3.23. The molecule has 0 aliphatic rings. The lowest BCUT2D eigenvalue weighted by Gasteiger charge is -2.09. The van der Waals surface area contributed by atoms with Gasteiger partial charge in [0, 0.05) is 17.6 Å². The Labute approximate surface area is 135 Å². The molecule has 0 bridgehead atoms. The van der Waals surface area contributed by atoms with E-state index in [1.165, 1.54) is 19.3 Å². The molecule has 6 nitrogen and oxygen atoms in total. The van der Waals surface area contributed by atoms with Crippen LogP contribution in [0.25, 0.3) is 10.9 Å². The molecule has 118 valence electrons. The van der Waals surface area contributed by atoms with Crippen molar-refractivity contribution in [2.24, 2.45) is 0 Å². The van der Waals surface area contributed by atoms with Crippen molar-refractivity contribution in [3.63, 3.8) is 0 Å². The van der Waals surface area contributed by atoms with Gasteiger partial charge in [-0.25, -0.2) is 17.8 Å². The number of benzene rings is 1. The van der Waals surface area contributed by atoms with Crippen molar-refractivity contribution >= 4 is 38.0 Å². The number of nitriles is 1. The second-order valence-electron chi connectivity index (χ2n) is 4.90. The van der Waals surface area contributed by atoms with E-state index in [2.05, 4.69) is 14.7 Å². The number of nitrogens with zero attached hydrogens (tertiary/aromatic N) is 2. The minimum Gasteiger partial charge on any atom is -0.358 e. The third kappa shape index (κ3) is 2.56. The average Bonchev–Trinajstić information content (AvgIpc) is 3.10. The van der Waals surface area contributed by atoms with Crippen molar-refractivity contribution in [3.05, 3.63) is 40.4 Å². The molecule has 3 rings (SSSR count). The smallest absolute Gasteiger partial charge is 0.273 e. The largest absolute Gasteiger partial charge is 0.358 e. The molecule has 9 heteroatoms. The average molecular weight is 350 g/mol. The van der Waals surface area contributed by atoms with E-state index >= 15 is 0 Å². The number of aromatic nitrogens is 2. The third-order valence-corrected chi connectivity index (χ3v) is 6.12. The van der Waals surface area contributed by atoms with E-state index in [4.69, 9.17) is 5.26 Å². The van der Waals surface area contributed by atoms with Crippen molar-refractivity contribution in [2.45, 2.75) is 18.1 Å². The second kappa shape index (κ2) is 5.33. The van der Waals surface area contributed by atoms with E-state index in [1.54, 1.807) is 6.92 Å². The fraction of sp³-hybridized carbons (Fsp3) is 0.143. The number of hydrogen-bond acceptors (Lipinski definition) is 5. The molecule has 0 amide bonds. The summed E-state index contributed by atoms with van der Waals surface area (Å²) in [6.07, 6.45) is 2.67. The molecule has 2 heterocycles. The Morgan fingerprint density at radius 1 is 1.43 bits per heavy atom. The zero-order valence-electron chi connectivity index (χ0n) is 12.1. The lowest BCUT2D eigenvalue weighted by Crippen LogP contribution is -2.12. The maximum Gasteiger partial charge on any atom is 0.273 e. The van der Waals surface area contributed by atoms with E-state index < -0.39 is 15.8 Å². The predicted molar refractivity (Wildman–Crippen MR) is 85.4 cm³/mol. The van der Waals surface area contributed by atoms with Gasteiger partial charge < -0.3 is 4.98 Å². The van der Waals surface area contributed by atoms with Gasteiger partial charge in [0.15, 0.2) is 4.21 Å². The molecule has 2 aromatic heterocycles. The second-order valence-corrected chi connectivity index (χ2v) is 8.04. The van der Waals surface area contributed by atoms with Crippen molar-refractivity contribution in [1.29, 1.82) is 5.26 Å². The summed E-state index contributed by atoms with van der Waals surface area (Å²) in [7, 11) is -3.87.